The number of piperidine rings is 1. The largest absolute Gasteiger partial charge is 0.336 e. The standard InChI is InChI=1S/C12H17N5O2/c1-2-12(3-5-13-6-4-12)10-14-7-8(15-10)16-11(19)17-9(7)18/h13H,2-6H2,1H3,(H3,14,15,16,17,18,19). The van der Waals surface area contributed by atoms with Crippen LogP contribution in [0.4, 0.5) is 0 Å². The van der Waals surface area contributed by atoms with Crippen LogP contribution >= 0.6 is 0 Å². The molecule has 1 saturated heterocycles. The average Bonchev–Trinajstić information content (AvgIpc) is 2.84. The number of imidazole rings is 1. The van der Waals surface area contributed by atoms with Gasteiger partial charge >= 0.3 is 5.69 Å². The molecule has 19 heavy (non-hydrogen) atoms. The van der Waals surface area contributed by atoms with E-state index in [-0.39, 0.29) is 5.41 Å². The fourth-order valence-electron chi connectivity index (χ4n) is 2.85. The molecule has 2 aromatic heterocycles. The van der Waals surface area contributed by atoms with Crippen LogP contribution in [0.1, 0.15) is 32.0 Å². The topological polar surface area (TPSA) is 106 Å². The zero-order chi connectivity index (χ0) is 13.5. The van der Waals surface area contributed by atoms with Gasteiger partial charge in [-0.25, -0.2) is 9.78 Å². The lowest BCUT2D eigenvalue weighted by molar-refractivity contribution is 0.285. The van der Waals surface area contributed by atoms with Crippen molar-refractivity contribution in [1.29, 1.82) is 0 Å². The van der Waals surface area contributed by atoms with Crippen molar-refractivity contribution in [3.05, 3.63) is 26.7 Å². The summed E-state index contributed by atoms with van der Waals surface area (Å²) < 4.78 is 0. The van der Waals surface area contributed by atoms with Crippen molar-refractivity contribution in [1.82, 2.24) is 25.3 Å². The number of fused-ring (bicyclic) bond motifs is 1. The van der Waals surface area contributed by atoms with E-state index in [0.717, 1.165) is 38.2 Å². The van der Waals surface area contributed by atoms with Crippen LogP contribution in [-0.2, 0) is 5.41 Å². The maximum atomic E-state index is 11.7. The predicted octanol–water partition coefficient (Wildman–Crippen LogP) is -0.0293. The predicted molar refractivity (Wildman–Crippen MR) is 71.4 cm³/mol. The van der Waals surface area contributed by atoms with E-state index in [2.05, 4.69) is 32.2 Å². The fourth-order valence-corrected chi connectivity index (χ4v) is 2.85. The van der Waals surface area contributed by atoms with Crippen molar-refractivity contribution in [2.45, 2.75) is 31.6 Å². The molecule has 1 aliphatic rings. The van der Waals surface area contributed by atoms with Gasteiger partial charge < -0.3 is 10.3 Å². The summed E-state index contributed by atoms with van der Waals surface area (Å²) >= 11 is 0. The molecule has 7 nitrogen and oxygen atoms in total. The molecule has 0 radical (unpaired) electrons. The van der Waals surface area contributed by atoms with Gasteiger partial charge in [0.1, 0.15) is 11.3 Å². The Labute approximate surface area is 108 Å². The summed E-state index contributed by atoms with van der Waals surface area (Å²) in [4.78, 5) is 35.3. The van der Waals surface area contributed by atoms with Crippen molar-refractivity contribution in [2.75, 3.05) is 13.1 Å². The number of nitrogens with one attached hydrogen (secondary N) is 4. The highest BCUT2D eigenvalue weighted by atomic mass is 16.2. The SMILES string of the molecule is CCC1(c2nc3[nH]c(=O)[nH]c(=O)c3[nH]2)CCNCC1. The highest BCUT2D eigenvalue weighted by Gasteiger charge is 2.35. The molecule has 0 saturated carbocycles. The number of rotatable bonds is 2. The Morgan fingerprint density at radius 3 is 2.58 bits per heavy atom. The summed E-state index contributed by atoms with van der Waals surface area (Å²) in [7, 11) is 0. The van der Waals surface area contributed by atoms with Crippen molar-refractivity contribution in [2.24, 2.45) is 0 Å². The first kappa shape index (κ1) is 12.2. The van der Waals surface area contributed by atoms with Crippen molar-refractivity contribution >= 4 is 11.2 Å². The summed E-state index contributed by atoms with van der Waals surface area (Å²) in [5.41, 5.74) is -0.284. The number of aromatic amines is 3. The lowest BCUT2D eigenvalue weighted by atomic mass is 9.76. The van der Waals surface area contributed by atoms with E-state index >= 15 is 0 Å². The third kappa shape index (κ3) is 1.90. The molecule has 0 aromatic carbocycles. The highest BCUT2D eigenvalue weighted by molar-refractivity contribution is 5.68. The van der Waals surface area contributed by atoms with E-state index in [9.17, 15) is 9.59 Å². The highest BCUT2D eigenvalue weighted by Crippen LogP contribution is 2.35. The molecule has 2 aromatic rings. The smallest absolute Gasteiger partial charge is 0.327 e. The normalized spacial score (nSPS) is 18.8. The summed E-state index contributed by atoms with van der Waals surface area (Å²) in [6.07, 6.45) is 2.91. The number of hydrogen-bond acceptors (Lipinski definition) is 4. The van der Waals surface area contributed by atoms with Crippen LogP contribution in [0.2, 0.25) is 0 Å². The molecule has 0 amide bonds. The lowest BCUT2D eigenvalue weighted by Gasteiger charge is -2.34. The third-order valence-electron chi connectivity index (χ3n) is 4.13. The Balaban J connectivity index is 2.17. The van der Waals surface area contributed by atoms with E-state index < -0.39 is 11.2 Å². The molecule has 0 unspecified atom stereocenters. The molecule has 3 rings (SSSR count). The van der Waals surface area contributed by atoms with Gasteiger partial charge in [0.05, 0.1) is 0 Å². The molecule has 102 valence electrons. The first-order valence-electron chi connectivity index (χ1n) is 6.58. The molecule has 0 spiro atoms. The van der Waals surface area contributed by atoms with Crippen LogP contribution in [0.3, 0.4) is 0 Å². The van der Waals surface area contributed by atoms with E-state index in [1.54, 1.807) is 0 Å². The molecular formula is C12H17N5O2. The Morgan fingerprint density at radius 1 is 1.16 bits per heavy atom. The Morgan fingerprint density at radius 2 is 1.89 bits per heavy atom. The minimum atomic E-state index is -0.522. The second kappa shape index (κ2) is 4.34. The van der Waals surface area contributed by atoms with E-state index in [4.69, 9.17) is 0 Å². The molecule has 3 heterocycles. The maximum absolute atomic E-state index is 11.7. The third-order valence-corrected chi connectivity index (χ3v) is 4.13. The quantitative estimate of drug-likeness (QED) is 0.610. The monoisotopic (exact) mass is 263 g/mol. The molecule has 7 heteroatoms. The van der Waals surface area contributed by atoms with E-state index in [1.165, 1.54) is 0 Å². The Kier molecular flexibility index (Phi) is 2.78. The molecule has 1 aliphatic heterocycles. The van der Waals surface area contributed by atoms with Crippen LogP contribution < -0.4 is 16.6 Å². The van der Waals surface area contributed by atoms with Crippen LogP contribution in [0, 0.1) is 0 Å². The second-order valence-electron chi connectivity index (χ2n) is 5.10. The fraction of sp³-hybridized carbons (Fsp3) is 0.583. The summed E-state index contributed by atoms with van der Waals surface area (Å²) in [5.74, 6) is 0.804. The molecule has 1 fully saturated rings. The van der Waals surface area contributed by atoms with Crippen LogP contribution in [0.5, 0.6) is 0 Å². The minimum absolute atomic E-state index is 0.0341. The maximum Gasteiger partial charge on any atom is 0.327 e. The lowest BCUT2D eigenvalue weighted by Crippen LogP contribution is -2.40. The van der Waals surface area contributed by atoms with Crippen molar-refractivity contribution < 1.29 is 0 Å². The number of nitrogens with zero attached hydrogens (tertiary/aromatic N) is 1. The van der Waals surface area contributed by atoms with Gasteiger partial charge in [-0.15, -0.1) is 0 Å². The van der Waals surface area contributed by atoms with Gasteiger partial charge in [0.15, 0.2) is 5.65 Å². The zero-order valence-corrected chi connectivity index (χ0v) is 10.8. The molecule has 0 aliphatic carbocycles. The van der Waals surface area contributed by atoms with Gasteiger partial charge in [-0.1, -0.05) is 6.92 Å². The van der Waals surface area contributed by atoms with Gasteiger partial charge in [0, 0.05) is 5.41 Å². The zero-order valence-electron chi connectivity index (χ0n) is 10.8. The average molecular weight is 263 g/mol. The summed E-state index contributed by atoms with van der Waals surface area (Å²) in [6.45, 7) is 4.01. The first-order chi connectivity index (χ1) is 9.14. The van der Waals surface area contributed by atoms with Crippen LogP contribution in [0.25, 0.3) is 11.2 Å². The van der Waals surface area contributed by atoms with Crippen molar-refractivity contribution in [3.8, 4) is 0 Å². The summed E-state index contributed by atoms with van der Waals surface area (Å²) in [5, 5.41) is 3.33. The van der Waals surface area contributed by atoms with E-state index in [1.807, 2.05) is 0 Å². The Bertz CT molecular complexity index is 705. The van der Waals surface area contributed by atoms with Gasteiger partial charge in [-0.05, 0) is 32.4 Å². The Hall–Kier alpha value is -1.89. The van der Waals surface area contributed by atoms with Gasteiger partial charge in [0.25, 0.3) is 5.56 Å². The molecule has 4 N–H and O–H groups in total. The first-order valence-corrected chi connectivity index (χ1v) is 6.58. The van der Waals surface area contributed by atoms with Crippen LogP contribution in [0.15, 0.2) is 9.59 Å². The van der Waals surface area contributed by atoms with Gasteiger partial charge in [0.2, 0.25) is 0 Å². The van der Waals surface area contributed by atoms with Gasteiger partial charge in [-0.2, -0.15) is 0 Å². The van der Waals surface area contributed by atoms with E-state index in [0.29, 0.717) is 11.2 Å². The number of H-pyrrole nitrogens is 3. The summed E-state index contributed by atoms with van der Waals surface area (Å²) in [6, 6.07) is 0. The minimum Gasteiger partial charge on any atom is -0.336 e. The van der Waals surface area contributed by atoms with Crippen molar-refractivity contribution in [3.63, 3.8) is 0 Å². The second-order valence-corrected chi connectivity index (χ2v) is 5.10. The number of aromatic nitrogens is 4. The van der Waals surface area contributed by atoms with Crippen LogP contribution in [-0.4, -0.2) is 33.0 Å². The molecular weight excluding hydrogens is 246 g/mol. The van der Waals surface area contributed by atoms with Gasteiger partial charge in [-0.3, -0.25) is 14.8 Å². The molecule has 0 bridgehead atoms. The number of hydrogen-bond donors (Lipinski definition) is 4. The molecule has 0 atom stereocenters.